The van der Waals surface area contributed by atoms with Gasteiger partial charge in [-0.2, -0.15) is 5.10 Å². The van der Waals surface area contributed by atoms with Gasteiger partial charge in [-0.1, -0.05) is 55.8 Å². The van der Waals surface area contributed by atoms with Crippen LogP contribution in [0.4, 0.5) is 0 Å². The van der Waals surface area contributed by atoms with E-state index in [0.717, 1.165) is 30.5 Å². The Balaban J connectivity index is 1.67. The third kappa shape index (κ3) is 4.38. The van der Waals surface area contributed by atoms with E-state index in [1.807, 2.05) is 48.5 Å². The molecule has 1 aliphatic rings. The van der Waals surface area contributed by atoms with Crippen molar-refractivity contribution in [3.05, 3.63) is 60.2 Å². The highest BCUT2D eigenvalue weighted by Crippen LogP contribution is 2.30. The van der Waals surface area contributed by atoms with E-state index < -0.39 is 6.10 Å². The van der Waals surface area contributed by atoms with Crippen molar-refractivity contribution in [1.82, 2.24) is 5.43 Å². The number of carbonyl (C=O) groups excluding carboxylic acids is 1. The largest absolute Gasteiger partial charge is 0.485 e. The molecule has 0 spiro atoms. The molecule has 1 atom stereocenters. The van der Waals surface area contributed by atoms with Crippen LogP contribution in [0.1, 0.15) is 31.7 Å². The molecule has 1 amide bonds. The number of hydrogen-bond donors (Lipinski definition) is 1. The zero-order chi connectivity index (χ0) is 17.5. The normalized spacial score (nSPS) is 16.4. The highest BCUT2D eigenvalue weighted by Gasteiger charge is 2.27. The van der Waals surface area contributed by atoms with Gasteiger partial charge in [0.2, 0.25) is 6.10 Å². The highest BCUT2D eigenvalue weighted by molar-refractivity contribution is 6.01. The van der Waals surface area contributed by atoms with Crippen LogP contribution in [0, 0.1) is 0 Å². The first-order valence-electron chi connectivity index (χ1n) is 8.58. The lowest BCUT2D eigenvalue weighted by Gasteiger charge is -2.24. The molecule has 25 heavy (non-hydrogen) atoms. The fraction of sp³-hybridized carbons (Fsp3) is 0.300. The Bertz CT molecular complexity index is 744. The molecule has 0 aliphatic carbocycles. The van der Waals surface area contributed by atoms with Crippen LogP contribution in [-0.2, 0) is 4.79 Å². The van der Waals surface area contributed by atoms with Crippen LogP contribution in [0.5, 0.6) is 11.5 Å². The second-order valence-electron chi connectivity index (χ2n) is 5.87. The standard InChI is InChI=1S/C20H22N2O3/c1-2-3-11-16(15-9-5-4-6-10-15)21-22-20(23)19-14-24-17-12-7-8-13-18(17)25-19/h4-10,12-13,19H,2-3,11,14H2,1H3,(H,22,23). The van der Waals surface area contributed by atoms with Crippen LogP contribution in [-0.4, -0.2) is 24.3 Å². The lowest BCUT2D eigenvalue weighted by molar-refractivity contribution is -0.130. The maximum atomic E-state index is 12.4. The number of para-hydroxylation sites is 2. The van der Waals surface area contributed by atoms with E-state index in [1.165, 1.54) is 0 Å². The Labute approximate surface area is 147 Å². The summed E-state index contributed by atoms with van der Waals surface area (Å²) in [6.45, 7) is 2.31. The molecule has 2 aromatic carbocycles. The molecule has 2 aromatic rings. The van der Waals surface area contributed by atoms with Crippen molar-refractivity contribution in [2.75, 3.05) is 6.61 Å². The number of rotatable bonds is 6. The Kier molecular flexibility index (Phi) is 5.67. The summed E-state index contributed by atoms with van der Waals surface area (Å²) in [5.74, 6) is 0.926. The molecule has 1 heterocycles. The molecule has 0 radical (unpaired) electrons. The SMILES string of the molecule is CCCCC(=NNC(=O)C1COc2ccccc2O1)c1ccccc1. The number of amides is 1. The summed E-state index contributed by atoms with van der Waals surface area (Å²) in [4.78, 5) is 12.4. The van der Waals surface area contributed by atoms with Gasteiger partial charge < -0.3 is 9.47 Å². The molecular weight excluding hydrogens is 316 g/mol. The van der Waals surface area contributed by atoms with Crippen molar-refractivity contribution in [3.8, 4) is 11.5 Å². The summed E-state index contributed by atoms with van der Waals surface area (Å²) in [5, 5.41) is 4.34. The van der Waals surface area contributed by atoms with E-state index >= 15 is 0 Å². The van der Waals surface area contributed by atoms with Crippen LogP contribution in [0.15, 0.2) is 59.7 Å². The Morgan fingerprint density at radius 2 is 1.84 bits per heavy atom. The second kappa shape index (κ2) is 8.33. The molecule has 5 nitrogen and oxygen atoms in total. The number of unbranched alkanes of at least 4 members (excludes halogenated alkanes) is 1. The number of hydrazone groups is 1. The molecule has 130 valence electrons. The van der Waals surface area contributed by atoms with Crippen molar-refractivity contribution in [3.63, 3.8) is 0 Å². The third-order valence-corrected chi connectivity index (χ3v) is 3.98. The maximum Gasteiger partial charge on any atom is 0.284 e. The van der Waals surface area contributed by atoms with Crippen molar-refractivity contribution in [2.45, 2.75) is 32.3 Å². The summed E-state index contributed by atoms with van der Waals surface area (Å²) in [7, 11) is 0. The van der Waals surface area contributed by atoms with E-state index in [2.05, 4.69) is 17.5 Å². The zero-order valence-electron chi connectivity index (χ0n) is 14.3. The second-order valence-corrected chi connectivity index (χ2v) is 5.87. The first kappa shape index (κ1) is 17.0. The fourth-order valence-electron chi connectivity index (χ4n) is 2.58. The average Bonchev–Trinajstić information content (AvgIpc) is 2.68. The van der Waals surface area contributed by atoms with Crippen LogP contribution in [0.3, 0.4) is 0 Å². The van der Waals surface area contributed by atoms with Gasteiger partial charge in [-0.05, 0) is 30.5 Å². The highest BCUT2D eigenvalue weighted by atomic mass is 16.6. The van der Waals surface area contributed by atoms with Gasteiger partial charge in [0.15, 0.2) is 11.5 Å². The quantitative estimate of drug-likeness (QED) is 0.647. The van der Waals surface area contributed by atoms with E-state index in [4.69, 9.17) is 9.47 Å². The van der Waals surface area contributed by atoms with Crippen molar-refractivity contribution in [2.24, 2.45) is 5.10 Å². The van der Waals surface area contributed by atoms with Crippen molar-refractivity contribution < 1.29 is 14.3 Å². The zero-order valence-corrected chi connectivity index (χ0v) is 14.3. The molecule has 0 bridgehead atoms. The first-order valence-corrected chi connectivity index (χ1v) is 8.58. The topological polar surface area (TPSA) is 59.9 Å². The van der Waals surface area contributed by atoms with Crippen molar-refractivity contribution in [1.29, 1.82) is 0 Å². The summed E-state index contributed by atoms with van der Waals surface area (Å²) in [6, 6.07) is 17.2. The minimum atomic E-state index is -0.707. The van der Waals surface area contributed by atoms with Crippen LogP contribution in [0.2, 0.25) is 0 Å². The summed E-state index contributed by atoms with van der Waals surface area (Å²) < 4.78 is 11.3. The van der Waals surface area contributed by atoms with Gasteiger partial charge in [0.1, 0.15) is 6.61 Å². The van der Waals surface area contributed by atoms with Crippen LogP contribution < -0.4 is 14.9 Å². The van der Waals surface area contributed by atoms with Crippen LogP contribution in [0.25, 0.3) is 0 Å². The van der Waals surface area contributed by atoms with E-state index in [-0.39, 0.29) is 12.5 Å². The summed E-state index contributed by atoms with van der Waals surface area (Å²) in [5.41, 5.74) is 4.52. The molecule has 0 saturated heterocycles. The molecule has 1 N–H and O–H groups in total. The number of carbonyl (C=O) groups is 1. The minimum absolute atomic E-state index is 0.175. The Morgan fingerprint density at radius 1 is 1.12 bits per heavy atom. The number of nitrogens with one attached hydrogen (secondary N) is 1. The predicted molar refractivity (Wildman–Crippen MR) is 97.0 cm³/mol. The van der Waals surface area contributed by atoms with Gasteiger partial charge >= 0.3 is 0 Å². The molecule has 1 unspecified atom stereocenters. The Hall–Kier alpha value is -2.82. The number of nitrogens with zero attached hydrogens (tertiary/aromatic N) is 1. The van der Waals surface area contributed by atoms with Crippen LogP contribution >= 0.6 is 0 Å². The van der Waals surface area contributed by atoms with Gasteiger partial charge in [-0.3, -0.25) is 4.79 Å². The fourth-order valence-corrected chi connectivity index (χ4v) is 2.58. The van der Waals surface area contributed by atoms with Gasteiger partial charge in [0, 0.05) is 0 Å². The molecule has 0 saturated carbocycles. The summed E-state index contributed by atoms with van der Waals surface area (Å²) >= 11 is 0. The molecule has 0 aromatic heterocycles. The van der Waals surface area contributed by atoms with Gasteiger partial charge in [-0.25, -0.2) is 5.43 Å². The smallest absolute Gasteiger partial charge is 0.284 e. The number of fused-ring (bicyclic) bond motifs is 1. The van der Waals surface area contributed by atoms with Gasteiger partial charge in [0.05, 0.1) is 5.71 Å². The molecule has 5 heteroatoms. The summed E-state index contributed by atoms with van der Waals surface area (Å²) in [6.07, 6.45) is 2.18. The van der Waals surface area contributed by atoms with E-state index in [1.54, 1.807) is 6.07 Å². The van der Waals surface area contributed by atoms with Gasteiger partial charge in [0.25, 0.3) is 5.91 Å². The number of benzene rings is 2. The van der Waals surface area contributed by atoms with E-state index in [0.29, 0.717) is 11.5 Å². The first-order chi connectivity index (χ1) is 12.3. The third-order valence-electron chi connectivity index (χ3n) is 3.98. The van der Waals surface area contributed by atoms with Gasteiger partial charge in [-0.15, -0.1) is 0 Å². The van der Waals surface area contributed by atoms with Crippen molar-refractivity contribution >= 4 is 11.6 Å². The van der Waals surface area contributed by atoms with E-state index in [9.17, 15) is 4.79 Å². The lowest BCUT2D eigenvalue weighted by atomic mass is 10.1. The molecule has 0 fully saturated rings. The number of hydrogen-bond acceptors (Lipinski definition) is 4. The maximum absolute atomic E-state index is 12.4. The minimum Gasteiger partial charge on any atom is -0.485 e. The lowest BCUT2D eigenvalue weighted by Crippen LogP contribution is -2.42. The predicted octanol–water partition coefficient (Wildman–Crippen LogP) is 3.54. The number of ether oxygens (including phenoxy) is 2. The molecule has 1 aliphatic heterocycles. The molecular formula is C20H22N2O3. The monoisotopic (exact) mass is 338 g/mol. The Morgan fingerprint density at radius 3 is 2.60 bits per heavy atom. The molecule has 3 rings (SSSR count). The average molecular weight is 338 g/mol.